The second-order valence-electron chi connectivity index (χ2n) is 6.80. The third kappa shape index (κ3) is 11.4. The normalized spacial score (nSPS) is 17.5. The maximum Gasteiger partial charge on any atom is 0.191 e. The van der Waals surface area contributed by atoms with Crippen LogP contribution in [0, 0.1) is 11.8 Å². The lowest BCUT2D eigenvalue weighted by Gasteiger charge is -2.21. The molecule has 0 aromatic carbocycles. The quantitative estimate of drug-likeness (QED) is 0.268. The molecule has 1 aliphatic heterocycles. The fourth-order valence-electron chi connectivity index (χ4n) is 3.02. The fraction of sp³-hybridized carbons (Fsp3) is 0.947. The van der Waals surface area contributed by atoms with E-state index >= 15 is 0 Å². The highest BCUT2D eigenvalue weighted by Gasteiger charge is 2.13. The first-order valence-electron chi connectivity index (χ1n) is 10.1. The minimum Gasteiger partial charge on any atom is -0.396 e. The summed E-state index contributed by atoms with van der Waals surface area (Å²) >= 11 is 0. The Morgan fingerprint density at radius 3 is 2.72 bits per heavy atom. The van der Waals surface area contributed by atoms with Crippen molar-refractivity contribution in [2.75, 3.05) is 52.7 Å². The summed E-state index contributed by atoms with van der Waals surface area (Å²) in [6, 6.07) is 0. The summed E-state index contributed by atoms with van der Waals surface area (Å²) in [5.41, 5.74) is 0. The van der Waals surface area contributed by atoms with E-state index in [2.05, 4.69) is 29.5 Å². The summed E-state index contributed by atoms with van der Waals surface area (Å²) in [6.07, 6.45) is 6.31. The molecule has 1 aliphatic rings. The minimum absolute atomic E-state index is 0.245. The van der Waals surface area contributed by atoms with Crippen LogP contribution in [0.4, 0.5) is 0 Å². The van der Waals surface area contributed by atoms with Crippen molar-refractivity contribution in [3.63, 3.8) is 0 Å². The zero-order chi connectivity index (χ0) is 18.2. The topological polar surface area (TPSA) is 75.1 Å². The predicted molar refractivity (Wildman–Crippen MR) is 103 cm³/mol. The summed E-state index contributed by atoms with van der Waals surface area (Å²) in [5, 5.41) is 15.8. The summed E-state index contributed by atoms with van der Waals surface area (Å²) < 4.78 is 11.2. The molecule has 148 valence electrons. The molecular weight excluding hydrogens is 318 g/mol. The van der Waals surface area contributed by atoms with Crippen LogP contribution in [0.5, 0.6) is 0 Å². The predicted octanol–water partition coefficient (Wildman–Crippen LogP) is 2.17. The van der Waals surface area contributed by atoms with Crippen molar-refractivity contribution in [1.29, 1.82) is 0 Å². The molecule has 0 aliphatic carbocycles. The molecule has 1 heterocycles. The van der Waals surface area contributed by atoms with Gasteiger partial charge in [-0.05, 0) is 50.9 Å². The molecule has 0 spiro atoms. The second kappa shape index (κ2) is 15.4. The summed E-state index contributed by atoms with van der Waals surface area (Å²) in [5.74, 6) is 2.00. The van der Waals surface area contributed by atoms with Gasteiger partial charge in [0.2, 0.25) is 0 Å². The van der Waals surface area contributed by atoms with Crippen molar-refractivity contribution in [2.45, 2.75) is 52.4 Å². The number of hydrogen-bond donors (Lipinski definition) is 3. The highest BCUT2D eigenvalue weighted by Crippen LogP contribution is 2.14. The molecule has 0 amide bonds. The van der Waals surface area contributed by atoms with E-state index in [-0.39, 0.29) is 6.61 Å². The zero-order valence-electron chi connectivity index (χ0n) is 16.3. The minimum atomic E-state index is 0.245. The highest BCUT2D eigenvalue weighted by molar-refractivity contribution is 5.79. The molecule has 0 aromatic heterocycles. The van der Waals surface area contributed by atoms with E-state index in [0.717, 1.165) is 90.5 Å². The molecule has 1 saturated heterocycles. The van der Waals surface area contributed by atoms with Crippen LogP contribution in [-0.4, -0.2) is 63.7 Å². The van der Waals surface area contributed by atoms with E-state index in [1.165, 1.54) is 0 Å². The molecule has 3 N–H and O–H groups in total. The number of aliphatic imine (C=N–C) groups is 1. The lowest BCUT2D eigenvalue weighted by atomic mass is 10.0. The number of aliphatic hydroxyl groups is 1. The number of guanidine groups is 1. The molecule has 6 nitrogen and oxygen atoms in total. The van der Waals surface area contributed by atoms with E-state index in [9.17, 15) is 0 Å². The van der Waals surface area contributed by atoms with Gasteiger partial charge in [-0.1, -0.05) is 13.3 Å². The Kier molecular flexibility index (Phi) is 13.7. The molecule has 1 fully saturated rings. The van der Waals surface area contributed by atoms with Crippen molar-refractivity contribution in [1.82, 2.24) is 10.6 Å². The number of ether oxygens (including phenoxy) is 2. The highest BCUT2D eigenvalue weighted by atomic mass is 16.5. The van der Waals surface area contributed by atoms with Crippen molar-refractivity contribution >= 4 is 5.96 Å². The monoisotopic (exact) mass is 357 g/mol. The second-order valence-corrected chi connectivity index (χ2v) is 6.80. The van der Waals surface area contributed by atoms with E-state index in [1.54, 1.807) is 0 Å². The number of rotatable bonds is 13. The van der Waals surface area contributed by atoms with Crippen molar-refractivity contribution < 1.29 is 14.6 Å². The Morgan fingerprint density at radius 1 is 1.24 bits per heavy atom. The zero-order valence-corrected chi connectivity index (χ0v) is 16.3. The molecule has 6 heteroatoms. The largest absolute Gasteiger partial charge is 0.396 e. The smallest absolute Gasteiger partial charge is 0.191 e. The van der Waals surface area contributed by atoms with Gasteiger partial charge in [0, 0.05) is 52.7 Å². The first-order valence-corrected chi connectivity index (χ1v) is 10.1. The van der Waals surface area contributed by atoms with E-state index in [1.807, 2.05) is 0 Å². The van der Waals surface area contributed by atoms with Crippen LogP contribution in [0.3, 0.4) is 0 Å². The lowest BCUT2D eigenvalue weighted by Crippen LogP contribution is -2.38. The van der Waals surface area contributed by atoms with Crippen LogP contribution in [0.15, 0.2) is 4.99 Å². The standard InChI is InChI=1S/C19H39N3O3/c1-3-6-17(7-11-23)15-22-19(20-4-2)21-10-5-12-25-16-18-8-13-24-14-9-18/h17-18,23H,3-16H2,1-2H3,(H2,20,21,22). The first kappa shape index (κ1) is 22.2. The van der Waals surface area contributed by atoms with Gasteiger partial charge in [0.1, 0.15) is 0 Å². The molecule has 1 atom stereocenters. The SMILES string of the molecule is CCCC(CCO)CN=C(NCC)NCCCOCC1CCOCC1. The molecule has 1 unspecified atom stereocenters. The van der Waals surface area contributed by atoms with Gasteiger partial charge in [0.15, 0.2) is 5.96 Å². The maximum absolute atomic E-state index is 9.15. The molecule has 0 radical (unpaired) electrons. The van der Waals surface area contributed by atoms with E-state index in [4.69, 9.17) is 14.6 Å². The van der Waals surface area contributed by atoms with Gasteiger partial charge in [-0.2, -0.15) is 0 Å². The maximum atomic E-state index is 9.15. The van der Waals surface area contributed by atoms with Gasteiger partial charge < -0.3 is 25.2 Å². The Morgan fingerprint density at radius 2 is 2.04 bits per heavy atom. The third-order valence-electron chi connectivity index (χ3n) is 4.54. The molecular formula is C19H39N3O3. The van der Waals surface area contributed by atoms with Crippen LogP contribution in [-0.2, 0) is 9.47 Å². The summed E-state index contributed by atoms with van der Waals surface area (Å²) in [4.78, 5) is 4.67. The Labute approximate surface area is 153 Å². The van der Waals surface area contributed by atoms with Gasteiger partial charge in [0.25, 0.3) is 0 Å². The van der Waals surface area contributed by atoms with E-state index in [0.29, 0.717) is 11.8 Å². The third-order valence-corrected chi connectivity index (χ3v) is 4.54. The number of aliphatic hydroxyl groups excluding tert-OH is 1. The van der Waals surface area contributed by atoms with Gasteiger partial charge >= 0.3 is 0 Å². The van der Waals surface area contributed by atoms with Crippen molar-refractivity contribution in [2.24, 2.45) is 16.8 Å². The van der Waals surface area contributed by atoms with Crippen LogP contribution >= 0.6 is 0 Å². The van der Waals surface area contributed by atoms with Crippen LogP contribution in [0.2, 0.25) is 0 Å². The number of nitrogens with zero attached hydrogens (tertiary/aromatic N) is 1. The average molecular weight is 358 g/mol. The molecule has 25 heavy (non-hydrogen) atoms. The Hall–Kier alpha value is -0.850. The number of nitrogens with one attached hydrogen (secondary N) is 2. The first-order chi connectivity index (χ1) is 12.3. The Bertz CT molecular complexity index is 328. The molecule has 0 aromatic rings. The lowest BCUT2D eigenvalue weighted by molar-refractivity contribution is 0.0203. The van der Waals surface area contributed by atoms with Crippen LogP contribution in [0.25, 0.3) is 0 Å². The van der Waals surface area contributed by atoms with Crippen LogP contribution in [0.1, 0.15) is 52.4 Å². The van der Waals surface area contributed by atoms with Crippen LogP contribution < -0.4 is 10.6 Å². The van der Waals surface area contributed by atoms with Gasteiger partial charge in [-0.25, -0.2) is 0 Å². The molecule has 1 rings (SSSR count). The van der Waals surface area contributed by atoms with Gasteiger partial charge in [0.05, 0.1) is 0 Å². The molecule has 0 bridgehead atoms. The number of hydrogen-bond acceptors (Lipinski definition) is 4. The Balaban J connectivity index is 2.16. The van der Waals surface area contributed by atoms with Gasteiger partial charge in [-0.3, -0.25) is 4.99 Å². The van der Waals surface area contributed by atoms with E-state index < -0.39 is 0 Å². The van der Waals surface area contributed by atoms with Crippen molar-refractivity contribution in [3.8, 4) is 0 Å². The summed E-state index contributed by atoms with van der Waals surface area (Å²) in [7, 11) is 0. The summed E-state index contributed by atoms with van der Waals surface area (Å²) in [6.45, 7) is 10.4. The fourth-order valence-corrected chi connectivity index (χ4v) is 3.02. The van der Waals surface area contributed by atoms with Crippen molar-refractivity contribution in [3.05, 3.63) is 0 Å². The van der Waals surface area contributed by atoms with Gasteiger partial charge in [-0.15, -0.1) is 0 Å². The molecule has 0 saturated carbocycles. The average Bonchev–Trinajstić information content (AvgIpc) is 2.63.